The average Bonchev–Trinajstić information content (AvgIpc) is 2.28. The largest absolute Gasteiger partial charge is 0.465 e. The number of methoxy groups -OCH3 is 1. The summed E-state index contributed by atoms with van der Waals surface area (Å²) in [6, 6.07) is 3.03. The highest BCUT2D eigenvalue weighted by atomic mass is 19.1. The Balaban J connectivity index is 2.55. The Hall–Kier alpha value is -1.58. The molecule has 4 heteroatoms. The van der Waals surface area contributed by atoms with Gasteiger partial charge < -0.3 is 10.1 Å². The van der Waals surface area contributed by atoms with Gasteiger partial charge in [0.2, 0.25) is 0 Å². The molecule has 15 heavy (non-hydrogen) atoms. The van der Waals surface area contributed by atoms with Crippen molar-refractivity contribution in [2.75, 3.05) is 19.0 Å². The lowest BCUT2D eigenvalue weighted by Crippen LogP contribution is -2.17. The fourth-order valence-corrected chi connectivity index (χ4v) is 1.82. The van der Waals surface area contributed by atoms with E-state index in [0.717, 1.165) is 24.9 Å². The zero-order valence-electron chi connectivity index (χ0n) is 8.47. The van der Waals surface area contributed by atoms with Crippen LogP contribution in [0.3, 0.4) is 0 Å². The third kappa shape index (κ3) is 1.67. The number of halogens is 1. The highest BCUT2D eigenvalue weighted by molar-refractivity contribution is 5.96. The molecule has 0 saturated heterocycles. The number of esters is 1. The molecule has 1 aromatic carbocycles. The standard InChI is InChI=1S/C11H12FNO2/c1-15-11(14)9-8(12)5-4-7-3-2-6-13-10(7)9/h4-5,13H,2-3,6H2,1H3. The lowest BCUT2D eigenvalue weighted by molar-refractivity contribution is 0.0596. The molecule has 1 aliphatic heterocycles. The maximum atomic E-state index is 13.5. The van der Waals surface area contributed by atoms with Gasteiger partial charge in [-0.25, -0.2) is 9.18 Å². The number of ether oxygens (including phenoxy) is 1. The molecule has 0 radical (unpaired) electrons. The molecule has 0 fully saturated rings. The van der Waals surface area contributed by atoms with Gasteiger partial charge in [0.25, 0.3) is 0 Å². The summed E-state index contributed by atoms with van der Waals surface area (Å²) >= 11 is 0. The number of hydrogen-bond acceptors (Lipinski definition) is 3. The monoisotopic (exact) mass is 209 g/mol. The van der Waals surface area contributed by atoms with Crippen molar-refractivity contribution in [3.63, 3.8) is 0 Å². The molecule has 0 saturated carbocycles. The SMILES string of the molecule is COC(=O)c1c(F)ccc2c1NCCC2. The van der Waals surface area contributed by atoms with Crippen molar-refractivity contribution in [1.29, 1.82) is 0 Å². The van der Waals surface area contributed by atoms with E-state index < -0.39 is 11.8 Å². The van der Waals surface area contributed by atoms with E-state index in [4.69, 9.17) is 0 Å². The van der Waals surface area contributed by atoms with E-state index in [0.29, 0.717) is 5.69 Å². The minimum Gasteiger partial charge on any atom is -0.465 e. The van der Waals surface area contributed by atoms with E-state index in [-0.39, 0.29) is 5.56 Å². The van der Waals surface area contributed by atoms with Crippen molar-refractivity contribution in [3.05, 3.63) is 29.1 Å². The Morgan fingerprint density at radius 1 is 1.53 bits per heavy atom. The Bertz CT molecular complexity index is 404. The normalized spacial score (nSPS) is 14.0. The molecule has 0 bridgehead atoms. The summed E-state index contributed by atoms with van der Waals surface area (Å²) in [5.41, 5.74) is 1.59. The Labute approximate surface area is 87.2 Å². The van der Waals surface area contributed by atoms with Crippen molar-refractivity contribution >= 4 is 11.7 Å². The van der Waals surface area contributed by atoms with Crippen LogP contribution in [0.5, 0.6) is 0 Å². The molecule has 0 aromatic heterocycles. The first-order valence-corrected chi connectivity index (χ1v) is 4.87. The molecule has 1 heterocycles. The summed E-state index contributed by atoms with van der Waals surface area (Å²) in [7, 11) is 1.25. The molecule has 3 nitrogen and oxygen atoms in total. The van der Waals surface area contributed by atoms with Crippen LogP contribution in [-0.2, 0) is 11.2 Å². The first-order valence-electron chi connectivity index (χ1n) is 4.87. The molecular formula is C11H12FNO2. The highest BCUT2D eigenvalue weighted by Crippen LogP contribution is 2.28. The van der Waals surface area contributed by atoms with E-state index in [1.54, 1.807) is 6.07 Å². The second-order valence-corrected chi connectivity index (χ2v) is 3.48. The van der Waals surface area contributed by atoms with Crippen LogP contribution in [0.1, 0.15) is 22.3 Å². The quantitative estimate of drug-likeness (QED) is 0.718. The van der Waals surface area contributed by atoms with Crippen LogP contribution in [0.4, 0.5) is 10.1 Å². The number of hydrogen-bond donors (Lipinski definition) is 1. The molecule has 2 rings (SSSR count). The summed E-state index contributed by atoms with van der Waals surface area (Å²) in [4.78, 5) is 11.4. The molecule has 0 unspecified atom stereocenters. The number of fused-ring (bicyclic) bond motifs is 1. The fraction of sp³-hybridized carbons (Fsp3) is 0.364. The van der Waals surface area contributed by atoms with Gasteiger partial charge in [-0.1, -0.05) is 6.07 Å². The van der Waals surface area contributed by atoms with Crippen molar-refractivity contribution in [2.24, 2.45) is 0 Å². The Morgan fingerprint density at radius 3 is 3.07 bits per heavy atom. The summed E-state index contributed by atoms with van der Waals surface area (Å²) in [6.07, 6.45) is 1.87. The maximum Gasteiger partial charge on any atom is 0.342 e. The smallest absolute Gasteiger partial charge is 0.342 e. The van der Waals surface area contributed by atoms with Crippen molar-refractivity contribution < 1.29 is 13.9 Å². The number of carbonyl (C=O) groups is 1. The molecule has 0 aliphatic carbocycles. The fourth-order valence-electron chi connectivity index (χ4n) is 1.82. The lowest BCUT2D eigenvalue weighted by atomic mass is 9.99. The molecule has 0 spiro atoms. The van der Waals surface area contributed by atoms with Crippen LogP contribution in [0.15, 0.2) is 12.1 Å². The van der Waals surface area contributed by atoms with Gasteiger partial charge in [0.05, 0.1) is 12.8 Å². The zero-order valence-corrected chi connectivity index (χ0v) is 8.47. The second kappa shape index (κ2) is 3.88. The minimum atomic E-state index is -0.626. The van der Waals surface area contributed by atoms with Crippen LogP contribution in [0.25, 0.3) is 0 Å². The number of anilines is 1. The second-order valence-electron chi connectivity index (χ2n) is 3.48. The van der Waals surface area contributed by atoms with E-state index in [9.17, 15) is 9.18 Å². The van der Waals surface area contributed by atoms with Gasteiger partial charge in [0, 0.05) is 6.54 Å². The lowest BCUT2D eigenvalue weighted by Gasteiger charge is -2.20. The van der Waals surface area contributed by atoms with Crippen molar-refractivity contribution in [2.45, 2.75) is 12.8 Å². The van der Waals surface area contributed by atoms with E-state index in [1.165, 1.54) is 13.2 Å². The topological polar surface area (TPSA) is 38.3 Å². The Morgan fingerprint density at radius 2 is 2.33 bits per heavy atom. The van der Waals surface area contributed by atoms with Gasteiger partial charge >= 0.3 is 5.97 Å². The molecule has 1 aliphatic rings. The molecular weight excluding hydrogens is 197 g/mol. The number of nitrogens with one attached hydrogen (secondary N) is 1. The predicted molar refractivity (Wildman–Crippen MR) is 54.6 cm³/mol. The van der Waals surface area contributed by atoms with Crippen LogP contribution in [0.2, 0.25) is 0 Å². The molecule has 1 N–H and O–H groups in total. The van der Waals surface area contributed by atoms with Crippen LogP contribution in [-0.4, -0.2) is 19.6 Å². The molecule has 1 aromatic rings. The molecule has 0 atom stereocenters. The first-order chi connectivity index (χ1) is 7.24. The average molecular weight is 209 g/mol. The molecule has 80 valence electrons. The molecule has 0 amide bonds. The number of benzene rings is 1. The highest BCUT2D eigenvalue weighted by Gasteiger charge is 2.22. The van der Waals surface area contributed by atoms with Crippen LogP contribution in [0, 0.1) is 5.82 Å². The van der Waals surface area contributed by atoms with Gasteiger partial charge in [-0.2, -0.15) is 0 Å². The number of rotatable bonds is 1. The summed E-state index contributed by atoms with van der Waals surface area (Å²) in [6.45, 7) is 0.764. The minimum absolute atomic E-state index is 0.0229. The van der Waals surface area contributed by atoms with E-state index in [1.807, 2.05) is 0 Å². The predicted octanol–water partition coefficient (Wildman–Crippen LogP) is 1.97. The third-order valence-corrected chi connectivity index (χ3v) is 2.55. The first kappa shape index (κ1) is 9.96. The summed E-state index contributed by atoms with van der Waals surface area (Å²) in [5, 5.41) is 3.05. The summed E-state index contributed by atoms with van der Waals surface area (Å²) < 4.78 is 18.0. The van der Waals surface area contributed by atoms with E-state index >= 15 is 0 Å². The van der Waals surface area contributed by atoms with Gasteiger partial charge in [0.15, 0.2) is 0 Å². The van der Waals surface area contributed by atoms with Crippen LogP contribution >= 0.6 is 0 Å². The number of carbonyl (C=O) groups excluding carboxylic acids is 1. The van der Waals surface area contributed by atoms with E-state index in [2.05, 4.69) is 10.1 Å². The van der Waals surface area contributed by atoms with Crippen LogP contribution < -0.4 is 5.32 Å². The van der Waals surface area contributed by atoms with Gasteiger partial charge in [-0.05, 0) is 24.5 Å². The van der Waals surface area contributed by atoms with Gasteiger partial charge in [-0.15, -0.1) is 0 Å². The number of aryl methyl sites for hydroxylation is 1. The zero-order chi connectivity index (χ0) is 10.8. The van der Waals surface area contributed by atoms with Crippen molar-refractivity contribution in [3.8, 4) is 0 Å². The van der Waals surface area contributed by atoms with Gasteiger partial charge in [0.1, 0.15) is 11.4 Å². The third-order valence-electron chi connectivity index (χ3n) is 2.55. The Kier molecular flexibility index (Phi) is 2.58. The van der Waals surface area contributed by atoms with Gasteiger partial charge in [-0.3, -0.25) is 0 Å². The van der Waals surface area contributed by atoms with Crippen molar-refractivity contribution in [1.82, 2.24) is 0 Å². The maximum absolute atomic E-state index is 13.5. The summed E-state index contributed by atoms with van der Waals surface area (Å²) in [5.74, 6) is -1.16.